The molecule has 0 aromatic heterocycles. The summed E-state index contributed by atoms with van der Waals surface area (Å²) < 4.78 is 0. The van der Waals surface area contributed by atoms with E-state index in [1.165, 1.54) is 38.9 Å². The summed E-state index contributed by atoms with van der Waals surface area (Å²) in [5.41, 5.74) is 0. The van der Waals surface area contributed by atoms with E-state index in [2.05, 4.69) is 44.8 Å². The molecule has 0 aromatic rings. The third kappa shape index (κ3) is 9.17. The van der Waals surface area contributed by atoms with Gasteiger partial charge in [0.25, 0.3) is 0 Å². The number of rotatable bonds is 10. The molecule has 0 rings (SSSR count). The predicted molar refractivity (Wildman–Crippen MR) is 73.9 cm³/mol. The molecular formula is C14H32N2. The lowest BCUT2D eigenvalue weighted by Crippen LogP contribution is -2.39. The summed E-state index contributed by atoms with van der Waals surface area (Å²) >= 11 is 0. The van der Waals surface area contributed by atoms with E-state index in [4.69, 9.17) is 0 Å². The molecule has 0 aliphatic rings. The Morgan fingerprint density at radius 1 is 1.00 bits per heavy atom. The largest absolute Gasteiger partial charge is 0.315 e. The van der Waals surface area contributed by atoms with Crippen LogP contribution in [0.3, 0.4) is 0 Å². The molecule has 0 saturated carbocycles. The molecule has 98 valence electrons. The van der Waals surface area contributed by atoms with Crippen molar-refractivity contribution in [2.75, 3.05) is 26.2 Å². The lowest BCUT2D eigenvalue weighted by molar-refractivity contribution is 0.198. The Hall–Kier alpha value is -0.0800. The topological polar surface area (TPSA) is 15.3 Å². The molecule has 0 amide bonds. The van der Waals surface area contributed by atoms with Gasteiger partial charge in [0.15, 0.2) is 0 Å². The van der Waals surface area contributed by atoms with Crippen LogP contribution in [0.4, 0.5) is 0 Å². The number of nitrogens with one attached hydrogen (secondary N) is 1. The summed E-state index contributed by atoms with van der Waals surface area (Å²) in [6, 6.07) is 0.667. The zero-order valence-corrected chi connectivity index (χ0v) is 12.1. The van der Waals surface area contributed by atoms with Gasteiger partial charge in [-0.1, -0.05) is 33.6 Å². The minimum atomic E-state index is 0.667. The van der Waals surface area contributed by atoms with Crippen molar-refractivity contribution in [2.45, 2.75) is 59.9 Å². The predicted octanol–water partition coefficient (Wildman–Crippen LogP) is 3.13. The number of nitrogens with zero attached hydrogens (tertiary/aromatic N) is 1. The first kappa shape index (κ1) is 15.9. The molecule has 2 nitrogen and oxygen atoms in total. The van der Waals surface area contributed by atoms with Gasteiger partial charge in [0.1, 0.15) is 0 Å². The molecule has 0 unspecified atom stereocenters. The summed E-state index contributed by atoms with van der Waals surface area (Å²) in [6.07, 6.45) is 3.99. The summed E-state index contributed by atoms with van der Waals surface area (Å²) in [5.74, 6) is 0.766. The van der Waals surface area contributed by atoms with Crippen molar-refractivity contribution < 1.29 is 0 Å². The van der Waals surface area contributed by atoms with Crippen LogP contribution in [0.5, 0.6) is 0 Å². The van der Waals surface area contributed by atoms with Gasteiger partial charge in [-0.05, 0) is 32.7 Å². The Labute approximate surface area is 103 Å². The van der Waals surface area contributed by atoms with Crippen LogP contribution in [0, 0.1) is 5.92 Å². The molecule has 16 heavy (non-hydrogen) atoms. The number of hydrogen-bond donors (Lipinski definition) is 1. The van der Waals surface area contributed by atoms with Crippen LogP contribution in [0.25, 0.3) is 0 Å². The van der Waals surface area contributed by atoms with Gasteiger partial charge in [0.05, 0.1) is 0 Å². The molecule has 0 bridgehead atoms. The van der Waals surface area contributed by atoms with Crippen LogP contribution >= 0.6 is 0 Å². The maximum atomic E-state index is 3.54. The monoisotopic (exact) mass is 228 g/mol. The number of unbranched alkanes of at least 4 members (excludes halogenated alkanes) is 2. The van der Waals surface area contributed by atoms with Crippen LogP contribution in [-0.4, -0.2) is 37.1 Å². The molecule has 1 N–H and O–H groups in total. The van der Waals surface area contributed by atoms with Crippen molar-refractivity contribution in [1.82, 2.24) is 10.2 Å². The average Bonchev–Trinajstić information content (AvgIpc) is 2.20. The second-order valence-electron chi connectivity index (χ2n) is 5.44. The molecule has 0 aromatic carbocycles. The van der Waals surface area contributed by atoms with Crippen LogP contribution < -0.4 is 5.32 Å². The van der Waals surface area contributed by atoms with E-state index in [1.807, 2.05) is 0 Å². The first-order chi connectivity index (χ1) is 7.57. The molecule has 0 fully saturated rings. The van der Waals surface area contributed by atoms with Crippen molar-refractivity contribution in [3.8, 4) is 0 Å². The minimum absolute atomic E-state index is 0.667. The quantitative estimate of drug-likeness (QED) is 0.578. The average molecular weight is 228 g/mol. The van der Waals surface area contributed by atoms with Crippen molar-refractivity contribution >= 4 is 0 Å². The zero-order chi connectivity index (χ0) is 12.4. The van der Waals surface area contributed by atoms with E-state index in [0.717, 1.165) is 12.5 Å². The molecule has 0 saturated heterocycles. The highest BCUT2D eigenvalue weighted by atomic mass is 15.2. The molecule has 0 atom stereocenters. The van der Waals surface area contributed by atoms with Gasteiger partial charge < -0.3 is 5.32 Å². The summed E-state index contributed by atoms with van der Waals surface area (Å²) in [5, 5.41) is 3.54. The minimum Gasteiger partial charge on any atom is -0.315 e. The van der Waals surface area contributed by atoms with Crippen molar-refractivity contribution in [3.05, 3.63) is 0 Å². The van der Waals surface area contributed by atoms with E-state index in [1.54, 1.807) is 0 Å². The van der Waals surface area contributed by atoms with Gasteiger partial charge in [-0.2, -0.15) is 0 Å². The van der Waals surface area contributed by atoms with Gasteiger partial charge in [-0.25, -0.2) is 0 Å². The highest BCUT2D eigenvalue weighted by Crippen LogP contribution is 2.03. The van der Waals surface area contributed by atoms with Crippen LogP contribution in [0.1, 0.15) is 53.9 Å². The maximum absolute atomic E-state index is 3.54. The molecule has 0 radical (unpaired) electrons. The highest BCUT2D eigenvalue weighted by Gasteiger charge is 2.09. The summed E-state index contributed by atoms with van der Waals surface area (Å²) in [7, 11) is 0. The molecule has 0 heterocycles. The fraction of sp³-hybridized carbons (Fsp3) is 1.00. The van der Waals surface area contributed by atoms with Crippen LogP contribution in [-0.2, 0) is 0 Å². The molecule has 0 spiro atoms. The van der Waals surface area contributed by atoms with Gasteiger partial charge in [-0.15, -0.1) is 0 Å². The van der Waals surface area contributed by atoms with Gasteiger partial charge in [0.2, 0.25) is 0 Å². The molecule has 0 aliphatic heterocycles. The smallest absolute Gasteiger partial charge is 0.0110 e. The maximum Gasteiger partial charge on any atom is 0.0110 e. The van der Waals surface area contributed by atoms with E-state index >= 15 is 0 Å². The second kappa shape index (κ2) is 10.1. The third-order valence-electron chi connectivity index (χ3n) is 2.86. The Kier molecular flexibility index (Phi) is 10.0. The Morgan fingerprint density at radius 2 is 1.69 bits per heavy atom. The van der Waals surface area contributed by atoms with Gasteiger partial charge in [0, 0.05) is 25.7 Å². The van der Waals surface area contributed by atoms with Gasteiger partial charge in [-0.3, -0.25) is 4.90 Å². The van der Waals surface area contributed by atoms with Gasteiger partial charge >= 0.3 is 0 Å². The fourth-order valence-corrected chi connectivity index (χ4v) is 1.88. The first-order valence-corrected chi connectivity index (χ1v) is 7.02. The first-order valence-electron chi connectivity index (χ1n) is 7.02. The van der Waals surface area contributed by atoms with E-state index in [0.29, 0.717) is 6.04 Å². The summed E-state index contributed by atoms with van der Waals surface area (Å²) in [4.78, 5) is 2.57. The lowest BCUT2D eigenvalue weighted by Gasteiger charge is -2.28. The molecular weight excluding hydrogens is 196 g/mol. The standard InChI is InChI=1S/C14H32N2/c1-6-7-8-9-15-10-11-16(14(4)5)12-13(2)3/h13-15H,6-12H2,1-5H3. The zero-order valence-electron chi connectivity index (χ0n) is 12.1. The fourth-order valence-electron chi connectivity index (χ4n) is 1.88. The second-order valence-corrected chi connectivity index (χ2v) is 5.44. The van der Waals surface area contributed by atoms with Crippen molar-refractivity contribution in [3.63, 3.8) is 0 Å². The Balaban J connectivity index is 3.52. The van der Waals surface area contributed by atoms with E-state index in [9.17, 15) is 0 Å². The van der Waals surface area contributed by atoms with Crippen molar-refractivity contribution in [2.24, 2.45) is 5.92 Å². The van der Waals surface area contributed by atoms with E-state index in [-0.39, 0.29) is 0 Å². The SMILES string of the molecule is CCCCCNCCN(CC(C)C)C(C)C. The summed E-state index contributed by atoms with van der Waals surface area (Å²) in [6.45, 7) is 16.1. The van der Waals surface area contributed by atoms with Crippen LogP contribution in [0.2, 0.25) is 0 Å². The normalized spacial score (nSPS) is 12.0. The molecule has 2 heteroatoms. The Bertz CT molecular complexity index is 144. The van der Waals surface area contributed by atoms with E-state index < -0.39 is 0 Å². The number of hydrogen-bond acceptors (Lipinski definition) is 2. The molecule has 0 aliphatic carbocycles. The highest BCUT2D eigenvalue weighted by molar-refractivity contribution is 4.66. The van der Waals surface area contributed by atoms with Crippen molar-refractivity contribution in [1.29, 1.82) is 0 Å². The van der Waals surface area contributed by atoms with Crippen LogP contribution in [0.15, 0.2) is 0 Å². The lowest BCUT2D eigenvalue weighted by atomic mass is 10.2. The Morgan fingerprint density at radius 3 is 2.19 bits per heavy atom. The third-order valence-corrected chi connectivity index (χ3v) is 2.86.